The van der Waals surface area contributed by atoms with Crippen LogP contribution >= 0.6 is 23.6 Å². The van der Waals surface area contributed by atoms with Gasteiger partial charge in [-0.2, -0.15) is 0 Å². The summed E-state index contributed by atoms with van der Waals surface area (Å²) >= 11 is 7.11. The van der Waals surface area contributed by atoms with Gasteiger partial charge < -0.3 is 15.4 Å². The first-order chi connectivity index (χ1) is 14.2. The number of methoxy groups -OCH3 is 1. The summed E-state index contributed by atoms with van der Waals surface area (Å²) in [5, 5.41) is 8.02. The molecule has 3 aromatic carbocycles. The van der Waals surface area contributed by atoms with Crippen molar-refractivity contribution in [1.29, 1.82) is 0 Å². The van der Waals surface area contributed by atoms with Crippen molar-refractivity contribution in [2.45, 2.75) is 0 Å². The van der Waals surface area contributed by atoms with Gasteiger partial charge in [-0.3, -0.25) is 0 Å². The van der Waals surface area contributed by atoms with Crippen molar-refractivity contribution < 1.29 is 4.74 Å². The van der Waals surface area contributed by atoms with Crippen LogP contribution in [0.3, 0.4) is 0 Å². The van der Waals surface area contributed by atoms with Crippen LogP contribution in [0.5, 0.6) is 5.75 Å². The molecule has 0 radical (unpaired) electrons. The van der Waals surface area contributed by atoms with Crippen LogP contribution in [0.1, 0.15) is 0 Å². The summed E-state index contributed by atoms with van der Waals surface area (Å²) in [4.78, 5) is 10.5. The van der Waals surface area contributed by atoms with Gasteiger partial charge in [0.25, 0.3) is 0 Å². The molecule has 0 amide bonds. The maximum Gasteiger partial charge on any atom is 0.175 e. The molecule has 0 aliphatic heterocycles. The molecule has 0 aliphatic rings. The van der Waals surface area contributed by atoms with Crippen molar-refractivity contribution >= 4 is 71.5 Å². The summed E-state index contributed by atoms with van der Waals surface area (Å²) in [7, 11) is 1.64. The molecule has 0 unspecified atom stereocenters. The maximum absolute atomic E-state index is 5.46. The fourth-order valence-corrected chi connectivity index (χ4v) is 4.43. The van der Waals surface area contributed by atoms with Crippen LogP contribution in [0.15, 0.2) is 66.7 Å². The van der Waals surface area contributed by atoms with Gasteiger partial charge in [0.15, 0.2) is 5.11 Å². The minimum Gasteiger partial charge on any atom is -0.497 e. The van der Waals surface area contributed by atoms with E-state index < -0.39 is 0 Å². The number of benzene rings is 3. The fraction of sp³-hybridized carbons (Fsp3) is 0.0455. The van der Waals surface area contributed by atoms with E-state index in [2.05, 4.69) is 22.8 Å². The standard InChI is InChI=1S/C22H16N4OS2/c1-27-15-9-6-13(7-10-15)23-22(28)24-14-8-11-19-16(12-14)20-21(29-19)26-18-5-3-2-4-17(18)25-20/h2-12H,1H3,(H2,23,24,28). The summed E-state index contributed by atoms with van der Waals surface area (Å²) in [5.74, 6) is 0.804. The average Bonchev–Trinajstić information content (AvgIpc) is 3.09. The minimum atomic E-state index is 0.519. The molecule has 0 aliphatic carbocycles. The maximum atomic E-state index is 5.46. The van der Waals surface area contributed by atoms with Gasteiger partial charge in [0.1, 0.15) is 16.1 Å². The van der Waals surface area contributed by atoms with Gasteiger partial charge >= 0.3 is 0 Å². The Bertz CT molecular complexity index is 1360. The van der Waals surface area contributed by atoms with Crippen LogP contribution in [0.2, 0.25) is 0 Å². The summed E-state index contributed by atoms with van der Waals surface area (Å²) in [6, 6.07) is 21.7. The molecule has 5 nitrogen and oxygen atoms in total. The molecule has 0 saturated heterocycles. The Morgan fingerprint density at radius 3 is 2.34 bits per heavy atom. The number of nitrogens with one attached hydrogen (secondary N) is 2. The van der Waals surface area contributed by atoms with Crippen molar-refractivity contribution in [2.24, 2.45) is 0 Å². The number of nitrogens with zero attached hydrogens (tertiary/aromatic N) is 2. The van der Waals surface area contributed by atoms with E-state index in [0.29, 0.717) is 5.11 Å². The average molecular weight is 417 g/mol. The molecular formula is C22H16N4OS2. The lowest BCUT2D eigenvalue weighted by Crippen LogP contribution is -2.18. The smallest absolute Gasteiger partial charge is 0.175 e. The number of hydrogen-bond acceptors (Lipinski definition) is 5. The summed E-state index contributed by atoms with van der Waals surface area (Å²) in [6.45, 7) is 0. The topological polar surface area (TPSA) is 59.1 Å². The molecule has 0 bridgehead atoms. The molecule has 0 atom stereocenters. The quantitative estimate of drug-likeness (QED) is 0.362. The summed E-state index contributed by atoms with van der Waals surface area (Å²) < 4.78 is 6.33. The van der Waals surface area contributed by atoms with Gasteiger partial charge in [-0.25, -0.2) is 9.97 Å². The molecule has 2 heterocycles. The summed E-state index contributed by atoms with van der Waals surface area (Å²) in [6.07, 6.45) is 0. The van der Waals surface area contributed by atoms with Crippen LogP contribution in [0.25, 0.3) is 31.5 Å². The lowest BCUT2D eigenvalue weighted by Gasteiger charge is -2.11. The molecule has 0 saturated carbocycles. The Hall–Kier alpha value is -3.29. The highest BCUT2D eigenvalue weighted by Crippen LogP contribution is 2.34. The second-order valence-corrected chi connectivity index (χ2v) is 7.93. The van der Waals surface area contributed by atoms with E-state index in [-0.39, 0.29) is 0 Å². The van der Waals surface area contributed by atoms with Gasteiger partial charge in [0.05, 0.1) is 18.1 Å². The van der Waals surface area contributed by atoms with Crippen molar-refractivity contribution in [2.75, 3.05) is 17.7 Å². The third-order valence-corrected chi connectivity index (χ3v) is 5.84. The molecule has 5 rings (SSSR count). The van der Waals surface area contributed by atoms with Gasteiger partial charge in [0.2, 0.25) is 0 Å². The second kappa shape index (κ2) is 7.27. The zero-order valence-corrected chi connectivity index (χ0v) is 17.1. The largest absolute Gasteiger partial charge is 0.497 e. The van der Waals surface area contributed by atoms with Gasteiger partial charge in [0, 0.05) is 21.5 Å². The van der Waals surface area contributed by atoms with Crippen LogP contribution in [0, 0.1) is 0 Å². The van der Waals surface area contributed by atoms with E-state index in [1.165, 1.54) is 0 Å². The first kappa shape index (κ1) is 17.8. The number of ether oxygens (including phenoxy) is 1. The molecule has 7 heteroatoms. The van der Waals surface area contributed by atoms with E-state index in [0.717, 1.165) is 48.6 Å². The normalized spacial score (nSPS) is 11.1. The third-order valence-electron chi connectivity index (χ3n) is 4.59. The van der Waals surface area contributed by atoms with Crippen LogP contribution in [-0.4, -0.2) is 22.2 Å². The number of hydrogen-bond donors (Lipinski definition) is 2. The predicted octanol–water partition coefficient (Wildman–Crippen LogP) is 5.82. The highest BCUT2D eigenvalue weighted by Gasteiger charge is 2.10. The second-order valence-electron chi connectivity index (χ2n) is 6.49. The Morgan fingerprint density at radius 2 is 1.59 bits per heavy atom. The van der Waals surface area contributed by atoms with Gasteiger partial charge in [-0.05, 0) is 66.8 Å². The van der Waals surface area contributed by atoms with E-state index in [1.807, 2.05) is 54.6 Å². The SMILES string of the molecule is COc1ccc(NC(=S)Nc2ccc3sc4nc5ccccc5nc4c3c2)cc1. The van der Waals surface area contributed by atoms with E-state index in [4.69, 9.17) is 26.9 Å². The van der Waals surface area contributed by atoms with Gasteiger partial charge in [-0.1, -0.05) is 12.1 Å². The highest BCUT2D eigenvalue weighted by atomic mass is 32.1. The predicted molar refractivity (Wildman–Crippen MR) is 125 cm³/mol. The van der Waals surface area contributed by atoms with Crippen molar-refractivity contribution in [3.8, 4) is 5.75 Å². The highest BCUT2D eigenvalue weighted by molar-refractivity contribution is 7.80. The molecular weight excluding hydrogens is 400 g/mol. The number of fused-ring (bicyclic) bond motifs is 4. The lowest BCUT2D eigenvalue weighted by atomic mass is 10.2. The fourth-order valence-electron chi connectivity index (χ4n) is 3.18. The molecule has 5 aromatic rings. The van der Waals surface area contributed by atoms with Crippen molar-refractivity contribution in [1.82, 2.24) is 9.97 Å². The van der Waals surface area contributed by atoms with Crippen LogP contribution in [-0.2, 0) is 0 Å². The molecule has 0 spiro atoms. The number of rotatable bonds is 3. The Labute approximate surface area is 176 Å². The van der Waals surface area contributed by atoms with Gasteiger partial charge in [-0.15, -0.1) is 11.3 Å². The van der Waals surface area contributed by atoms with Crippen molar-refractivity contribution in [3.05, 3.63) is 66.7 Å². The number of aromatic nitrogens is 2. The monoisotopic (exact) mass is 416 g/mol. The first-order valence-electron chi connectivity index (χ1n) is 9.01. The van der Waals surface area contributed by atoms with E-state index in [9.17, 15) is 0 Å². The minimum absolute atomic E-state index is 0.519. The Kier molecular flexibility index (Phi) is 4.46. The molecule has 142 valence electrons. The Morgan fingerprint density at radius 1 is 0.897 bits per heavy atom. The van der Waals surface area contributed by atoms with E-state index >= 15 is 0 Å². The third kappa shape index (κ3) is 3.46. The zero-order valence-electron chi connectivity index (χ0n) is 15.5. The number of para-hydroxylation sites is 2. The van der Waals surface area contributed by atoms with Crippen LogP contribution in [0.4, 0.5) is 11.4 Å². The summed E-state index contributed by atoms with van der Waals surface area (Å²) in [5.41, 5.74) is 4.52. The lowest BCUT2D eigenvalue weighted by molar-refractivity contribution is 0.415. The first-order valence-corrected chi connectivity index (χ1v) is 10.2. The number of thiocarbonyl (C=S) groups is 1. The number of thiophene rings is 1. The Balaban J connectivity index is 1.44. The molecule has 0 fully saturated rings. The molecule has 29 heavy (non-hydrogen) atoms. The zero-order chi connectivity index (χ0) is 19.8. The van der Waals surface area contributed by atoms with Crippen LogP contribution < -0.4 is 15.4 Å². The van der Waals surface area contributed by atoms with E-state index in [1.54, 1.807) is 18.4 Å². The molecule has 2 aromatic heterocycles. The molecule has 2 N–H and O–H groups in total. The van der Waals surface area contributed by atoms with Crippen molar-refractivity contribution in [3.63, 3.8) is 0 Å². The number of anilines is 2.